The molecule has 24 heavy (non-hydrogen) atoms. The molecule has 1 aliphatic heterocycles. The number of thioether (sulfide) groups is 1. The Hall–Kier alpha value is -2.06. The van der Waals surface area contributed by atoms with E-state index in [1.165, 1.54) is 28.9 Å². The summed E-state index contributed by atoms with van der Waals surface area (Å²) in [5.74, 6) is -1.24. The van der Waals surface area contributed by atoms with E-state index in [9.17, 15) is 14.4 Å². The second-order valence-electron chi connectivity index (χ2n) is 4.81. The summed E-state index contributed by atoms with van der Waals surface area (Å²) >= 11 is 7.09. The van der Waals surface area contributed by atoms with E-state index in [0.717, 1.165) is 0 Å². The topological polar surface area (TPSA) is 88.6 Å². The van der Waals surface area contributed by atoms with E-state index in [-0.39, 0.29) is 29.5 Å². The zero-order valence-electron chi connectivity index (χ0n) is 13.1. The Labute approximate surface area is 148 Å². The van der Waals surface area contributed by atoms with Crippen molar-refractivity contribution in [3.05, 3.63) is 34.6 Å². The third-order valence-corrected chi connectivity index (χ3v) is 4.48. The first-order chi connectivity index (χ1) is 11.4. The number of ether oxygens (including phenoxy) is 1. The van der Waals surface area contributed by atoms with Crippen LogP contribution in [0.1, 0.15) is 13.8 Å². The number of carbonyl (C=O) groups is 3. The molecule has 1 N–H and O–H groups in total. The van der Waals surface area contributed by atoms with Gasteiger partial charge in [0.15, 0.2) is 5.15 Å². The molecule has 2 rings (SSSR count). The second kappa shape index (κ2) is 8.16. The third kappa shape index (κ3) is 4.48. The molecule has 0 aromatic carbocycles. The average molecular weight is 370 g/mol. The number of halogens is 1. The Morgan fingerprint density at radius 1 is 1.54 bits per heavy atom. The molecule has 0 unspecified atom stereocenters. The van der Waals surface area contributed by atoms with E-state index in [1.54, 1.807) is 26.0 Å². The zero-order chi connectivity index (χ0) is 17.7. The minimum Gasteiger partial charge on any atom is -0.463 e. The van der Waals surface area contributed by atoms with Gasteiger partial charge >= 0.3 is 5.97 Å². The smallest absolute Gasteiger partial charge is 0.333 e. The van der Waals surface area contributed by atoms with Gasteiger partial charge in [0.25, 0.3) is 0 Å². The first-order valence-corrected chi connectivity index (χ1v) is 8.45. The Kier molecular flexibility index (Phi) is 6.22. The van der Waals surface area contributed by atoms with E-state index in [0.29, 0.717) is 10.7 Å². The van der Waals surface area contributed by atoms with Crippen molar-refractivity contribution in [1.29, 1.82) is 0 Å². The van der Waals surface area contributed by atoms with Gasteiger partial charge in [-0.15, -0.1) is 0 Å². The lowest BCUT2D eigenvalue weighted by atomic mass is 10.3. The van der Waals surface area contributed by atoms with Crippen LogP contribution in [-0.2, 0) is 19.1 Å². The molecule has 1 saturated heterocycles. The quantitative estimate of drug-likeness (QED) is 0.485. The SMILES string of the molecule is CCOC(=O)/C=C1\S[C@H](C)C(=O)N1CC(=O)Nc1cccnc1Cl. The number of anilines is 1. The molecule has 0 aliphatic carbocycles. The van der Waals surface area contributed by atoms with Gasteiger partial charge in [-0.05, 0) is 26.0 Å². The Morgan fingerprint density at radius 3 is 2.96 bits per heavy atom. The van der Waals surface area contributed by atoms with Gasteiger partial charge in [0, 0.05) is 6.20 Å². The Morgan fingerprint density at radius 2 is 2.29 bits per heavy atom. The van der Waals surface area contributed by atoms with Gasteiger partial charge in [0.2, 0.25) is 11.8 Å². The highest BCUT2D eigenvalue weighted by Gasteiger charge is 2.35. The number of rotatable bonds is 5. The first kappa shape index (κ1) is 18.3. The summed E-state index contributed by atoms with van der Waals surface area (Å²) in [4.78, 5) is 41.1. The summed E-state index contributed by atoms with van der Waals surface area (Å²) in [5, 5.41) is 2.76. The molecule has 2 amide bonds. The van der Waals surface area contributed by atoms with Crippen LogP contribution in [0.3, 0.4) is 0 Å². The maximum absolute atomic E-state index is 12.2. The fourth-order valence-electron chi connectivity index (χ4n) is 1.99. The predicted molar refractivity (Wildman–Crippen MR) is 91.4 cm³/mol. The Bertz CT molecular complexity index is 695. The fraction of sp³-hybridized carbons (Fsp3) is 0.333. The molecular weight excluding hydrogens is 354 g/mol. The van der Waals surface area contributed by atoms with Gasteiger partial charge in [-0.2, -0.15) is 0 Å². The van der Waals surface area contributed by atoms with Crippen LogP contribution in [-0.4, -0.2) is 46.1 Å². The van der Waals surface area contributed by atoms with Crippen LogP contribution in [0.15, 0.2) is 29.4 Å². The molecule has 2 heterocycles. The molecule has 1 aromatic rings. The number of amides is 2. The molecule has 1 atom stereocenters. The van der Waals surface area contributed by atoms with Crippen LogP contribution in [0.5, 0.6) is 0 Å². The van der Waals surface area contributed by atoms with Crippen molar-refractivity contribution in [2.24, 2.45) is 0 Å². The summed E-state index contributed by atoms with van der Waals surface area (Å²) < 4.78 is 4.85. The summed E-state index contributed by atoms with van der Waals surface area (Å²) in [6, 6.07) is 3.23. The van der Waals surface area contributed by atoms with Crippen LogP contribution in [0, 0.1) is 0 Å². The van der Waals surface area contributed by atoms with E-state index in [2.05, 4.69) is 10.3 Å². The summed E-state index contributed by atoms with van der Waals surface area (Å²) in [7, 11) is 0. The van der Waals surface area contributed by atoms with E-state index in [1.807, 2.05) is 0 Å². The molecule has 0 spiro atoms. The van der Waals surface area contributed by atoms with Crippen molar-refractivity contribution in [2.75, 3.05) is 18.5 Å². The van der Waals surface area contributed by atoms with Gasteiger partial charge in [0.1, 0.15) is 6.54 Å². The summed E-state index contributed by atoms with van der Waals surface area (Å²) in [6.45, 7) is 3.40. The van der Waals surface area contributed by atoms with Crippen LogP contribution < -0.4 is 5.32 Å². The molecule has 128 valence electrons. The number of nitrogens with one attached hydrogen (secondary N) is 1. The standard InChI is InChI=1S/C15H16ClN3O4S/c1-3-23-13(21)7-12-19(15(22)9(2)24-12)8-11(20)18-10-5-4-6-17-14(10)16/h4-7,9H,3,8H2,1-2H3,(H,18,20)/b12-7-/t9-/m1/s1. The molecule has 1 aliphatic rings. The minimum atomic E-state index is -0.553. The van der Waals surface area contributed by atoms with E-state index >= 15 is 0 Å². The lowest BCUT2D eigenvalue weighted by molar-refractivity contribution is -0.137. The highest BCUT2D eigenvalue weighted by Crippen LogP contribution is 2.34. The van der Waals surface area contributed by atoms with Crippen LogP contribution in [0.4, 0.5) is 5.69 Å². The maximum atomic E-state index is 12.2. The molecule has 0 radical (unpaired) electrons. The lowest BCUT2D eigenvalue weighted by Gasteiger charge is -2.17. The lowest BCUT2D eigenvalue weighted by Crippen LogP contribution is -2.35. The van der Waals surface area contributed by atoms with E-state index < -0.39 is 11.9 Å². The normalized spacial score (nSPS) is 18.8. The van der Waals surface area contributed by atoms with Crippen molar-refractivity contribution in [3.63, 3.8) is 0 Å². The molecule has 0 bridgehead atoms. The molecule has 9 heteroatoms. The van der Waals surface area contributed by atoms with Gasteiger partial charge in [-0.3, -0.25) is 14.5 Å². The number of pyridine rings is 1. The summed E-state index contributed by atoms with van der Waals surface area (Å²) in [5.41, 5.74) is 0.354. The maximum Gasteiger partial charge on any atom is 0.333 e. The van der Waals surface area contributed by atoms with Crippen LogP contribution >= 0.6 is 23.4 Å². The van der Waals surface area contributed by atoms with Crippen molar-refractivity contribution >= 4 is 46.8 Å². The highest BCUT2D eigenvalue weighted by atomic mass is 35.5. The number of hydrogen-bond donors (Lipinski definition) is 1. The van der Waals surface area contributed by atoms with Gasteiger partial charge in [0.05, 0.1) is 28.6 Å². The van der Waals surface area contributed by atoms with Gasteiger partial charge in [-0.25, -0.2) is 9.78 Å². The van der Waals surface area contributed by atoms with Crippen molar-refractivity contribution in [2.45, 2.75) is 19.1 Å². The minimum absolute atomic E-state index is 0.156. The van der Waals surface area contributed by atoms with Crippen LogP contribution in [0.2, 0.25) is 5.15 Å². The molecule has 1 aromatic heterocycles. The second-order valence-corrected chi connectivity index (χ2v) is 6.53. The average Bonchev–Trinajstić information content (AvgIpc) is 2.77. The molecule has 7 nitrogen and oxygen atoms in total. The number of hydrogen-bond acceptors (Lipinski definition) is 6. The molecular formula is C15H16ClN3O4S. The predicted octanol–water partition coefficient (Wildman–Crippen LogP) is 2.04. The van der Waals surface area contributed by atoms with Crippen molar-refractivity contribution < 1.29 is 19.1 Å². The van der Waals surface area contributed by atoms with Crippen molar-refractivity contribution in [1.82, 2.24) is 9.88 Å². The zero-order valence-corrected chi connectivity index (χ0v) is 14.7. The fourth-order valence-corrected chi connectivity index (χ4v) is 3.19. The van der Waals surface area contributed by atoms with Crippen LogP contribution in [0.25, 0.3) is 0 Å². The van der Waals surface area contributed by atoms with Gasteiger partial charge in [-0.1, -0.05) is 23.4 Å². The van der Waals surface area contributed by atoms with Crippen molar-refractivity contribution in [3.8, 4) is 0 Å². The molecule has 1 fully saturated rings. The number of carbonyl (C=O) groups excluding carboxylic acids is 3. The third-order valence-electron chi connectivity index (χ3n) is 3.04. The molecule has 0 saturated carbocycles. The first-order valence-electron chi connectivity index (χ1n) is 7.19. The number of aromatic nitrogens is 1. The number of nitrogens with zero attached hydrogens (tertiary/aromatic N) is 2. The largest absolute Gasteiger partial charge is 0.463 e. The van der Waals surface area contributed by atoms with Gasteiger partial charge < -0.3 is 10.1 Å². The highest BCUT2D eigenvalue weighted by molar-refractivity contribution is 8.04. The summed E-state index contributed by atoms with van der Waals surface area (Å²) in [6.07, 6.45) is 2.72. The monoisotopic (exact) mass is 369 g/mol. The number of esters is 1. The Balaban J connectivity index is 2.10. The van der Waals surface area contributed by atoms with E-state index in [4.69, 9.17) is 16.3 Å².